The maximum absolute atomic E-state index is 13.5. The third-order valence-electron chi connectivity index (χ3n) is 5.96. The Labute approximate surface area is 216 Å². The van der Waals surface area contributed by atoms with Crippen molar-refractivity contribution in [1.29, 1.82) is 0 Å². The Bertz CT molecular complexity index is 1360. The van der Waals surface area contributed by atoms with E-state index in [4.69, 9.17) is 14.2 Å². The second kappa shape index (κ2) is 11.7. The van der Waals surface area contributed by atoms with Gasteiger partial charge >= 0.3 is 0 Å². The zero-order valence-corrected chi connectivity index (χ0v) is 21.6. The lowest BCUT2D eigenvalue weighted by Crippen LogP contribution is -2.37. The van der Waals surface area contributed by atoms with Gasteiger partial charge in [0.05, 0.1) is 31.8 Å². The molecule has 2 N–H and O–H groups in total. The van der Waals surface area contributed by atoms with Crippen LogP contribution >= 0.6 is 0 Å². The molecule has 1 aliphatic heterocycles. The molecule has 3 aromatic carbocycles. The van der Waals surface area contributed by atoms with Gasteiger partial charge in [0.25, 0.3) is 5.91 Å². The van der Waals surface area contributed by atoms with E-state index in [2.05, 4.69) is 4.72 Å². The quantitative estimate of drug-likeness (QED) is 0.291. The number of carbonyl (C=O) groups excluding carboxylic acids is 1. The predicted molar refractivity (Wildman–Crippen MR) is 141 cm³/mol. The predicted octanol–water partition coefficient (Wildman–Crippen LogP) is 3.42. The Balaban J connectivity index is 1.62. The van der Waals surface area contributed by atoms with Crippen molar-refractivity contribution in [3.63, 3.8) is 0 Å². The van der Waals surface area contributed by atoms with Gasteiger partial charge in [-0.2, -0.15) is 0 Å². The zero-order chi connectivity index (χ0) is 26.4. The average molecular weight is 527 g/mol. The van der Waals surface area contributed by atoms with Crippen LogP contribution in [0.15, 0.2) is 60.7 Å². The van der Waals surface area contributed by atoms with Crippen molar-refractivity contribution in [1.82, 2.24) is 0 Å². The largest absolute Gasteiger partial charge is 0.465 e. The molecule has 3 aromatic rings. The van der Waals surface area contributed by atoms with Crippen LogP contribution in [0.5, 0.6) is 5.75 Å². The molecular formula is C27H30N2O7S. The normalized spacial score (nSPS) is 13.4. The molecule has 1 amide bonds. The number of aliphatic hydroxyl groups is 1. The summed E-state index contributed by atoms with van der Waals surface area (Å²) < 4.78 is 42.3. The summed E-state index contributed by atoms with van der Waals surface area (Å²) >= 11 is 0. The van der Waals surface area contributed by atoms with Crippen LogP contribution in [-0.4, -0.2) is 59.3 Å². The second-order valence-corrected chi connectivity index (χ2v) is 10.4. The number of ether oxygens (including phenoxy) is 3. The number of hydrogen-bond acceptors (Lipinski definition) is 7. The van der Waals surface area contributed by atoms with Crippen LogP contribution in [-0.2, 0) is 32.5 Å². The van der Waals surface area contributed by atoms with Gasteiger partial charge in [-0.15, -0.1) is 0 Å². The van der Waals surface area contributed by atoms with Crippen molar-refractivity contribution in [3.8, 4) is 16.9 Å². The van der Waals surface area contributed by atoms with Gasteiger partial charge in [0.15, 0.2) is 6.79 Å². The molecule has 0 radical (unpaired) electrons. The van der Waals surface area contributed by atoms with E-state index in [1.165, 1.54) is 0 Å². The molecular weight excluding hydrogens is 496 g/mol. The van der Waals surface area contributed by atoms with Crippen LogP contribution < -0.4 is 14.4 Å². The monoisotopic (exact) mass is 526 g/mol. The minimum atomic E-state index is -3.61. The number of fused-ring (bicyclic) bond motifs is 1. The number of hydrogen-bond donors (Lipinski definition) is 2. The Morgan fingerprint density at radius 1 is 1.03 bits per heavy atom. The molecule has 0 saturated carbocycles. The van der Waals surface area contributed by atoms with Crippen molar-refractivity contribution < 1.29 is 32.5 Å². The Morgan fingerprint density at radius 2 is 1.81 bits per heavy atom. The van der Waals surface area contributed by atoms with Gasteiger partial charge in [-0.3, -0.25) is 9.52 Å². The minimum absolute atomic E-state index is 0.0924. The number of nitrogens with zero attached hydrogens (tertiary/aromatic N) is 1. The van der Waals surface area contributed by atoms with Crippen LogP contribution in [0.1, 0.15) is 21.5 Å². The number of nitrogens with one attached hydrogen (secondary N) is 1. The lowest BCUT2D eigenvalue weighted by atomic mass is 9.90. The Hall–Kier alpha value is -3.44. The van der Waals surface area contributed by atoms with Crippen LogP contribution in [0, 0.1) is 0 Å². The third-order valence-corrected chi connectivity index (χ3v) is 6.55. The molecule has 37 heavy (non-hydrogen) atoms. The number of amides is 1. The molecule has 0 aliphatic carbocycles. The van der Waals surface area contributed by atoms with Crippen molar-refractivity contribution in [2.24, 2.45) is 0 Å². The average Bonchev–Trinajstić information content (AvgIpc) is 2.88. The molecule has 0 fully saturated rings. The van der Waals surface area contributed by atoms with Crippen LogP contribution in [0.3, 0.4) is 0 Å². The highest BCUT2D eigenvalue weighted by Gasteiger charge is 2.28. The van der Waals surface area contributed by atoms with Crippen molar-refractivity contribution in [2.75, 3.05) is 49.5 Å². The SMILES string of the molecule is COCCOCOc1ccc(N2CCc3cc(-c4ccccc4)c(CO)cc3C2=O)cc1NS(C)(=O)=O. The lowest BCUT2D eigenvalue weighted by molar-refractivity contribution is -0.00813. The third kappa shape index (κ3) is 6.47. The number of sulfonamides is 1. The van der Waals surface area contributed by atoms with Gasteiger partial charge in [0.1, 0.15) is 5.75 Å². The van der Waals surface area contributed by atoms with E-state index in [-0.39, 0.29) is 30.7 Å². The number of methoxy groups -OCH3 is 1. The first-order valence-corrected chi connectivity index (χ1v) is 13.6. The van der Waals surface area contributed by atoms with E-state index >= 15 is 0 Å². The molecule has 0 spiro atoms. The summed E-state index contributed by atoms with van der Waals surface area (Å²) in [6, 6.07) is 18.3. The van der Waals surface area contributed by atoms with E-state index < -0.39 is 10.0 Å². The van der Waals surface area contributed by atoms with Crippen molar-refractivity contribution in [2.45, 2.75) is 13.0 Å². The first-order valence-electron chi connectivity index (χ1n) is 11.8. The first-order chi connectivity index (χ1) is 17.8. The lowest BCUT2D eigenvalue weighted by Gasteiger charge is -2.30. The van der Waals surface area contributed by atoms with E-state index in [0.717, 1.165) is 22.9 Å². The number of anilines is 2. The Morgan fingerprint density at radius 3 is 2.51 bits per heavy atom. The summed E-state index contributed by atoms with van der Waals surface area (Å²) in [6.07, 6.45) is 1.65. The van der Waals surface area contributed by atoms with Gasteiger partial charge in [0, 0.05) is 24.9 Å². The molecule has 10 heteroatoms. The van der Waals surface area contributed by atoms with Crippen LogP contribution in [0.4, 0.5) is 11.4 Å². The Kier molecular flexibility index (Phi) is 8.45. The fourth-order valence-corrected chi connectivity index (χ4v) is 4.79. The maximum atomic E-state index is 13.5. The standard InChI is InChI=1S/C27H30N2O7S/c1-34-12-13-35-18-36-26-9-8-22(16-25(26)28-37(2,32)33)29-11-10-20-14-23(19-6-4-3-5-7-19)21(17-30)15-24(20)27(29)31/h3-9,14-16,28,30H,10-13,17-18H2,1-2H3. The summed E-state index contributed by atoms with van der Waals surface area (Å²) in [6.45, 7) is 0.848. The van der Waals surface area contributed by atoms with Crippen LogP contribution in [0.2, 0.25) is 0 Å². The van der Waals surface area contributed by atoms with E-state index in [1.807, 2.05) is 36.4 Å². The summed E-state index contributed by atoms with van der Waals surface area (Å²) in [5, 5.41) is 10.0. The van der Waals surface area contributed by atoms with Crippen molar-refractivity contribution >= 4 is 27.3 Å². The van der Waals surface area contributed by atoms with E-state index in [0.29, 0.717) is 43.0 Å². The number of rotatable bonds is 11. The summed E-state index contributed by atoms with van der Waals surface area (Å²) in [4.78, 5) is 15.1. The second-order valence-electron chi connectivity index (χ2n) is 8.62. The summed E-state index contributed by atoms with van der Waals surface area (Å²) in [5.74, 6) is 0.0453. The summed E-state index contributed by atoms with van der Waals surface area (Å²) in [7, 11) is -2.05. The molecule has 1 heterocycles. The number of aliphatic hydroxyl groups excluding tert-OH is 1. The maximum Gasteiger partial charge on any atom is 0.258 e. The molecule has 0 bridgehead atoms. The highest BCUT2D eigenvalue weighted by atomic mass is 32.2. The first kappa shape index (κ1) is 26.6. The molecule has 196 valence electrons. The van der Waals surface area contributed by atoms with Crippen molar-refractivity contribution in [3.05, 3.63) is 77.4 Å². The highest BCUT2D eigenvalue weighted by Crippen LogP contribution is 2.35. The molecule has 0 aromatic heterocycles. The summed E-state index contributed by atoms with van der Waals surface area (Å²) in [5.41, 5.74) is 4.67. The molecule has 9 nitrogen and oxygen atoms in total. The highest BCUT2D eigenvalue weighted by molar-refractivity contribution is 7.92. The molecule has 1 aliphatic rings. The molecule has 4 rings (SSSR count). The van der Waals surface area contributed by atoms with Gasteiger partial charge in [0.2, 0.25) is 10.0 Å². The molecule has 0 unspecified atom stereocenters. The van der Waals surface area contributed by atoms with Gasteiger partial charge in [-0.05, 0) is 59.0 Å². The topological polar surface area (TPSA) is 114 Å². The van der Waals surface area contributed by atoms with Gasteiger partial charge in [-0.1, -0.05) is 30.3 Å². The molecule has 0 atom stereocenters. The minimum Gasteiger partial charge on any atom is -0.465 e. The smallest absolute Gasteiger partial charge is 0.258 e. The number of carbonyl (C=O) groups is 1. The van der Waals surface area contributed by atoms with Gasteiger partial charge < -0.3 is 24.2 Å². The van der Waals surface area contributed by atoms with E-state index in [1.54, 1.807) is 36.3 Å². The van der Waals surface area contributed by atoms with E-state index in [9.17, 15) is 18.3 Å². The van der Waals surface area contributed by atoms with Crippen LogP contribution in [0.25, 0.3) is 11.1 Å². The fraction of sp³-hybridized carbons (Fsp3) is 0.296. The molecule has 0 saturated heterocycles. The fourth-order valence-electron chi connectivity index (χ4n) is 4.24. The van der Waals surface area contributed by atoms with Gasteiger partial charge in [-0.25, -0.2) is 8.42 Å². The number of benzene rings is 3. The zero-order valence-electron chi connectivity index (χ0n) is 20.8.